The van der Waals surface area contributed by atoms with Crippen molar-refractivity contribution in [2.75, 3.05) is 11.5 Å². The summed E-state index contributed by atoms with van der Waals surface area (Å²) in [6, 6.07) is 8.43. The Hall–Kier alpha value is -2.34. The molecule has 6 heteroatoms. The summed E-state index contributed by atoms with van der Waals surface area (Å²) in [6.07, 6.45) is 0. The number of aromatic nitrogens is 2. The maximum atomic E-state index is 8.90. The van der Waals surface area contributed by atoms with Crippen molar-refractivity contribution in [1.29, 1.82) is 0 Å². The average molecular weight is 232 g/mol. The molecule has 0 fully saturated rings. The van der Waals surface area contributed by atoms with Crippen LogP contribution >= 0.6 is 0 Å². The Morgan fingerprint density at radius 2 is 1.82 bits per heavy atom. The smallest absolute Gasteiger partial charge is 0.226 e. The first kappa shape index (κ1) is 11.2. The Kier molecular flexibility index (Phi) is 3.06. The fraction of sp³-hybridized carbons (Fsp3) is 0.0909. The molecule has 1 heterocycles. The average Bonchev–Trinajstić information content (AvgIpc) is 2.28. The van der Waals surface area contributed by atoms with Crippen LogP contribution in [0.15, 0.2) is 30.3 Å². The molecule has 17 heavy (non-hydrogen) atoms. The van der Waals surface area contributed by atoms with E-state index < -0.39 is 0 Å². The van der Waals surface area contributed by atoms with Crippen LogP contribution in [0, 0.1) is 0 Å². The predicted octanol–water partition coefficient (Wildman–Crippen LogP) is 0.926. The molecule has 1 aromatic carbocycles. The molecule has 0 radical (unpaired) electrons. The first-order chi connectivity index (χ1) is 8.17. The van der Waals surface area contributed by atoms with E-state index in [0.717, 1.165) is 5.56 Å². The topological polar surface area (TPSA) is 107 Å². The maximum Gasteiger partial charge on any atom is 0.226 e. The van der Waals surface area contributed by atoms with E-state index in [0.29, 0.717) is 5.75 Å². The van der Waals surface area contributed by atoms with Gasteiger partial charge in [0.25, 0.3) is 0 Å². The molecule has 88 valence electrons. The van der Waals surface area contributed by atoms with E-state index in [1.807, 2.05) is 0 Å². The van der Waals surface area contributed by atoms with Gasteiger partial charge in [0.1, 0.15) is 11.6 Å². The molecule has 0 aliphatic heterocycles. The summed E-state index contributed by atoms with van der Waals surface area (Å²) in [6.45, 7) is -0.00627. The number of aliphatic hydroxyl groups is 1. The molecule has 2 aromatic rings. The molecule has 0 unspecified atom stereocenters. The van der Waals surface area contributed by atoms with Crippen molar-refractivity contribution in [3.63, 3.8) is 0 Å². The van der Waals surface area contributed by atoms with Gasteiger partial charge < -0.3 is 21.3 Å². The van der Waals surface area contributed by atoms with E-state index in [1.165, 1.54) is 6.07 Å². The summed E-state index contributed by atoms with van der Waals surface area (Å²) in [5.74, 6) is 1.18. The van der Waals surface area contributed by atoms with Crippen molar-refractivity contribution in [3.05, 3.63) is 35.9 Å². The molecule has 0 spiro atoms. The van der Waals surface area contributed by atoms with Gasteiger partial charge in [0.05, 0.1) is 6.61 Å². The second-order valence-corrected chi connectivity index (χ2v) is 3.39. The largest absolute Gasteiger partial charge is 0.439 e. The molecule has 0 bridgehead atoms. The highest BCUT2D eigenvalue weighted by molar-refractivity contribution is 5.40. The Morgan fingerprint density at radius 1 is 1.12 bits per heavy atom. The molecule has 5 N–H and O–H groups in total. The molecule has 2 rings (SSSR count). The van der Waals surface area contributed by atoms with Crippen LogP contribution in [0.3, 0.4) is 0 Å². The van der Waals surface area contributed by atoms with Crippen LogP contribution in [0.25, 0.3) is 0 Å². The molecule has 6 nitrogen and oxygen atoms in total. The van der Waals surface area contributed by atoms with Gasteiger partial charge in [-0.3, -0.25) is 0 Å². The van der Waals surface area contributed by atoms with E-state index in [4.69, 9.17) is 21.3 Å². The lowest BCUT2D eigenvalue weighted by atomic mass is 10.2. The van der Waals surface area contributed by atoms with Crippen molar-refractivity contribution < 1.29 is 9.84 Å². The number of rotatable bonds is 3. The number of benzene rings is 1. The zero-order valence-corrected chi connectivity index (χ0v) is 9.00. The Labute approximate surface area is 97.9 Å². The number of nitrogens with zero attached hydrogens (tertiary/aromatic N) is 2. The zero-order valence-electron chi connectivity index (χ0n) is 9.00. The maximum absolute atomic E-state index is 8.90. The Balaban J connectivity index is 2.19. The van der Waals surface area contributed by atoms with Crippen LogP contribution in [0.1, 0.15) is 5.56 Å². The van der Waals surface area contributed by atoms with Gasteiger partial charge in [0.2, 0.25) is 11.8 Å². The van der Waals surface area contributed by atoms with Gasteiger partial charge in [0.15, 0.2) is 0 Å². The molecule has 0 amide bonds. The van der Waals surface area contributed by atoms with Crippen LogP contribution in [0.2, 0.25) is 0 Å². The first-order valence-corrected chi connectivity index (χ1v) is 4.95. The summed E-state index contributed by atoms with van der Waals surface area (Å²) in [4.78, 5) is 7.62. The highest BCUT2D eigenvalue weighted by Gasteiger charge is 2.02. The van der Waals surface area contributed by atoms with Crippen molar-refractivity contribution in [3.8, 4) is 11.6 Å². The zero-order chi connectivity index (χ0) is 12.3. The molecule has 0 atom stereocenters. The van der Waals surface area contributed by atoms with Crippen LogP contribution in [-0.4, -0.2) is 15.1 Å². The van der Waals surface area contributed by atoms with Gasteiger partial charge in [-0.15, -0.1) is 0 Å². The Bertz CT molecular complexity index is 493. The molecular weight excluding hydrogens is 220 g/mol. The normalized spacial score (nSPS) is 10.2. The molecule has 0 aliphatic carbocycles. The molecule has 0 saturated heterocycles. The lowest BCUT2D eigenvalue weighted by Gasteiger charge is -2.06. The van der Waals surface area contributed by atoms with Crippen LogP contribution in [0.5, 0.6) is 11.6 Å². The number of hydrogen-bond donors (Lipinski definition) is 3. The lowest BCUT2D eigenvalue weighted by Crippen LogP contribution is -2.00. The summed E-state index contributed by atoms with van der Waals surface area (Å²) >= 11 is 0. The molecule has 1 aromatic heterocycles. The second-order valence-electron chi connectivity index (χ2n) is 3.39. The summed E-state index contributed by atoms with van der Waals surface area (Å²) in [5, 5.41) is 8.90. The van der Waals surface area contributed by atoms with E-state index in [9.17, 15) is 0 Å². The van der Waals surface area contributed by atoms with E-state index >= 15 is 0 Å². The van der Waals surface area contributed by atoms with Gasteiger partial charge in [-0.25, -0.2) is 0 Å². The fourth-order valence-electron chi connectivity index (χ4n) is 1.30. The number of anilines is 2. The third-order valence-corrected chi connectivity index (χ3v) is 2.07. The first-order valence-electron chi connectivity index (χ1n) is 4.95. The van der Waals surface area contributed by atoms with Crippen LogP contribution < -0.4 is 16.2 Å². The van der Waals surface area contributed by atoms with E-state index in [2.05, 4.69) is 9.97 Å². The fourth-order valence-corrected chi connectivity index (χ4v) is 1.30. The second kappa shape index (κ2) is 4.67. The van der Waals surface area contributed by atoms with Crippen molar-refractivity contribution in [1.82, 2.24) is 9.97 Å². The minimum Gasteiger partial charge on any atom is -0.439 e. The number of ether oxygens (including phenoxy) is 1. The highest BCUT2D eigenvalue weighted by Crippen LogP contribution is 2.21. The van der Waals surface area contributed by atoms with E-state index in [-0.39, 0.29) is 24.3 Å². The Morgan fingerprint density at radius 3 is 2.41 bits per heavy atom. The van der Waals surface area contributed by atoms with Crippen LogP contribution in [-0.2, 0) is 6.61 Å². The van der Waals surface area contributed by atoms with Crippen molar-refractivity contribution in [2.45, 2.75) is 6.61 Å². The number of nitrogen functional groups attached to an aromatic ring is 2. The summed E-state index contributed by atoms with van der Waals surface area (Å²) < 4.78 is 5.45. The summed E-state index contributed by atoms with van der Waals surface area (Å²) in [7, 11) is 0. The van der Waals surface area contributed by atoms with Gasteiger partial charge >= 0.3 is 0 Å². The van der Waals surface area contributed by atoms with Gasteiger partial charge in [0, 0.05) is 6.07 Å². The lowest BCUT2D eigenvalue weighted by molar-refractivity contribution is 0.281. The predicted molar refractivity (Wildman–Crippen MR) is 63.3 cm³/mol. The van der Waals surface area contributed by atoms with Gasteiger partial charge in [-0.2, -0.15) is 9.97 Å². The third kappa shape index (κ3) is 2.82. The van der Waals surface area contributed by atoms with Crippen molar-refractivity contribution in [2.24, 2.45) is 0 Å². The molecular formula is C11H12N4O2. The van der Waals surface area contributed by atoms with Gasteiger partial charge in [-0.05, 0) is 17.7 Å². The van der Waals surface area contributed by atoms with Crippen molar-refractivity contribution >= 4 is 11.8 Å². The van der Waals surface area contributed by atoms with Gasteiger partial charge in [-0.1, -0.05) is 12.1 Å². The minimum absolute atomic E-state index is 0.00627. The molecule has 0 aliphatic rings. The monoisotopic (exact) mass is 232 g/mol. The van der Waals surface area contributed by atoms with Crippen LogP contribution in [0.4, 0.5) is 11.8 Å². The number of aliphatic hydroxyl groups excluding tert-OH is 1. The SMILES string of the molecule is Nc1cc(Oc2ccc(CO)cc2)nc(N)n1. The minimum atomic E-state index is -0.00627. The third-order valence-electron chi connectivity index (χ3n) is 2.07. The highest BCUT2D eigenvalue weighted by atomic mass is 16.5. The van der Waals surface area contributed by atoms with E-state index in [1.54, 1.807) is 24.3 Å². The number of hydrogen-bond acceptors (Lipinski definition) is 6. The molecule has 0 saturated carbocycles. The quantitative estimate of drug-likeness (QED) is 0.726. The number of nitrogens with two attached hydrogens (primary N) is 2. The summed E-state index contributed by atoms with van der Waals surface area (Å²) in [5.41, 5.74) is 11.8. The standard InChI is InChI=1S/C11H12N4O2/c12-9-5-10(15-11(13)14-9)17-8-3-1-7(6-16)2-4-8/h1-5,16H,6H2,(H4,12,13,14,15).